The lowest BCUT2D eigenvalue weighted by molar-refractivity contribution is -0.118. The molecule has 4 rings (SSSR count). The number of carbonyl (C=O) groups excluding carboxylic acids is 1. The second kappa shape index (κ2) is 7.68. The largest absolute Gasteiger partial charge is 0.494 e. The number of aliphatic hydroxyl groups is 1. The molecule has 0 radical (unpaired) electrons. The molecule has 7 heteroatoms. The van der Waals surface area contributed by atoms with Gasteiger partial charge in [-0.3, -0.25) is 4.79 Å². The van der Waals surface area contributed by atoms with Gasteiger partial charge in [0.1, 0.15) is 0 Å². The molecule has 158 valence electrons. The normalized spacial score (nSPS) is 22.1. The maximum absolute atomic E-state index is 13.0. The van der Waals surface area contributed by atoms with Crippen molar-refractivity contribution in [1.29, 1.82) is 0 Å². The highest BCUT2D eigenvalue weighted by Gasteiger charge is 2.51. The minimum atomic E-state index is -0.633. The summed E-state index contributed by atoms with van der Waals surface area (Å²) in [7, 11) is -0.512. The molecule has 1 N–H and O–H groups in total. The van der Waals surface area contributed by atoms with Gasteiger partial charge in [-0.1, -0.05) is 41.9 Å². The van der Waals surface area contributed by atoms with Crippen molar-refractivity contribution >= 4 is 35.8 Å². The van der Waals surface area contributed by atoms with Gasteiger partial charge in [0.25, 0.3) is 0 Å². The number of fused-ring (bicyclic) bond motifs is 1. The van der Waals surface area contributed by atoms with E-state index in [0.717, 1.165) is 22.3 Å². The third-order valence-electron chi connectivity index (χ3n) is 6.45. The zero-order valence-corrected chi connectivity index (χ0v) is 18.6. The van der Waals surface area contributed by atoms with Crippen molar-refractivity contribution in [1.82, 2.24) is 0 Å². The Morgan fingerprint density at radius 2 is 1.83 bits per heavy atom. The van der Waals surface area contributed by atoms with Gasteiger partial charge < -0.3 is 19.3 Å². The molecule has 2 aliphatic heterocycles. The number of amides is 1. The first-order valence-electron chi connectivity index (χ1n) is 10.3. The van der Waals surface area contributed by atoms with E-state index in [9.17, 15) is 9.90 Å². The number of nitrogens with zero attached hydrogens (tertiary/aromatic N) is 1. The van der Waals surface area contributed by atoms with Gasteiger partial charge >= 0.3 is 7.12 Å². The molecule has 1 amide bonds. The van der Waals surface area contributed by atoms with Crippen LogP contribution in [0.5, 0.6) is 0 Å². The molecule has 1 fully saturated rings. The van der Waals surface area contributed by atoms with Crippen LogP contribution in [0.2, 0.25) is 5.02 Å². The van der Waals surface area contributed by atoms with E-state index in [1.807, 2.05) is 64.1 Å². The summed E-state index contributed by atoms with van der Waals surface area (Å²) in [5, 5.41) is 11.2. The quantitative estimate of drug-likeness (QED) is 0.760. The molecule has 0 saturated carbocycles. The molecule has 1 saturated heterocycles. The Labute approximate surface area is 183 Å². The van der Waals surface area contributed by atoms with E-state index in [-0.39, 0.29) is 12.3 Å². The van der Waals surface area contributed by atoms with Crippen LogP contribution in [-0.2, 0) is 20.5 Å². The SMILES string of the molecule is CC1(C)OB(c2ccc3c(c2)C(O)CCN3C(=O)Cc2ccccc2Cl)OC1(C)C. The molecule has 2 aliphatic rings. The number of aliphatic hydroxyl groups excluding tert-OH is 1. The predicted octanol–water partition coefficient (Wildman–Crippen LogP) is 3.65. The number of carbonyl (C=O) groups is 1. The maximum Gasteiger partial charge on any atom is 0.494 e. The molecule has 0 aliphatic carbocycles. The van der Waals surface area contributed by atoms with E-state index in [1.165, 1.54) is 0 Å². The molecular weight excluding hydrogens is 401 g/mol. The lowest BCUT2D eigenvalue weighted by Crippen LogP contribution is -2.41. The Balaban J connectivity index is 1.60. The number of hydrogen-bond donors (Lipinski definition) is 1. The number of hydrogen-bond acceptors (Lipinski definition) is 4. The number of rotatable bonds is 3. The molecule has 2 heterocycles. The van der Waals surface area contributed by atoms with Crippen molar-refractivity contribution in [3.63, 3.8) is 0 Å². The lowest BCUT2D eigenvalue weighted by Gasteiger charge is -2.33. The number of anilines is 1. The Morgan fingerprint density at radius 1 is 1.17 bits per heavy atom. The van der Waals surface area contributed by atoms with Crippen LogP contribution in [0, 0.1) is 0 Å². The second-order valence-corrected chi connectivity index (χ2v) is 9.43. The van der Waals surface area contributed by atoms with Gasteiger partial charge in [-0.2, -0.15) is 0 Å². The highest BCUT2D eigenvalue weighted by Crippen LogP contribution is 2.38. The van der Waals surface area contributed by atoms with Gasteiger partial charge in [0, 0.05) is 22.8 Å². The van der Waals surface area contributed by atoms with Crippen molar-refractivity contribution < 1.29 is 19.2 Å². The van der Waals surface area contributed by atoms with Crippen LogP contribution in [0.15, 0.2) is 42.5 Å². The molecule has 2 aromatic carbocycles. The first kappa shape index (κ1) is 21.4. The smallest absolute Gasteiger partial charge is 0.399 e. The van der Waals surface area contributed by atoms with E-state index in [2.05, 4.69) is 0 Å². The predicted molar refractivity (Wildman–Crippen MR) is 119 cm³/mol. The van der Waals surface area contributed by atoms with Crippen molar-refractivity contribution in [3.05, 3.63) is 58.6 Å². The monoisotopic (exact) mass is 427 g/mol. The van der Waals surface area contributed by atoms with Crippen LogP contribution >= 0.6 is 11.6 Å². The fourth-order valence-corrected chi connectivity index (χ4v) is 4.10. The summed E-state index contributed by atoms with van der Waals surface area (Å²) in [6, 6.07) is 13.1. The number of benzene rings is 2. The Hall–Kier alpha value is -1.86. The molecule has 1 unspecified atom stereocenters. The Kier molecular flexibility index (Phi) is 5.48. The van der Waals surface area contributed by atoms with Crippen LogP contribution in [-0.4, -0.2) is 35.9 Å². The topological polar surface area (TPSA) is 59.0 Å². The molecule has 5 nitrogen and oxygen atoms in total. The molecule has 0 spiro atoms. The van der Waals surface area contributed by atoms with Crippen LogP contribution in [0.25, 0.3) is 0 Å². The van der Waals surface area contributed by atoms with Crippen LogP contribution in [0.1, 0.15) is 51.3 Å². The lowest BCUT2D eigenvalue weighted by atomic mass is 9.77. The minimum absolute atomic E-state index is 0.0420. The van der Waals surface area contributed by atoms with Gasteiger partial charge in [-0.15, -0.1) is 0 Å². The van der Waals surface area contributed by atoms with Crippen LogP contribution < -0.4 is 10.4 Å². The average Bonchev–Trinajstić information content (AvgIpc) is 2.91. The molecule has 0 bridgehead atoms. The van der Waals surface area contributed by atoms with Gasteiger partial charge in [-0.05, 0) is 57.3 Å². The first-order chi connectivity index (χ1) is 14.1. The zero-order valence-electron chi connectivity index (χ0n) is 17.8. The summed E-state index contributed by atoms with van der Waals surface area (Å²) < 4.78 is 12.3. The molecular formula is C23H27BClNO4. The van der Waals surface area contributed by atoms with Gasteiger partial charge in [0.2, 0.25) is 5.91 Å². The van der Waals surface area contributed by atoms with Gasteiger partial charge in [-0.25, -0.2) is 0 Å². The highest BCUT2D eigenvalue weighted by molar-refractivity contribution is 6.62. The third-order valence-corrected chi connectivity index (χ3v) is 6.82. The van der Waals surface area contributed by atoms with Crippen LogP contribution in [0.4, 0.5) is 5.69 Å². The number of halogens is 1. The highest BCUT2D eigenvalue weighted by atomic mass is 35.5. The second-order valence-electron chi connectivity index (χ2n) is 9.02. The van der Waals surface area contributed by atoms with E-state index >= 15 is 0 Å². The molecule has 2 aromatic rings. The molecule has 0 aromatic heterocycles. The minimum Gasteiger partial charge on any atom is -0.399 e. The standard InChI is InChI=1S/C23H27BClNO4/c1-22(2)23(3,4)30-24(29-22)16-9-10-19-17(14-16)20(27)11-12-26(19)21(28)13-15-7-5-6-8-18(15)25/h5-10,14,20,27H,11-13H2,1-4H3. The van der Waals surface area contributed by atoms with E-state index < -0.39 is 24.4 Å². The molecule has 1 atom stereocenters. The summed E-state index contributed by atoms with van der Waals surface area (Å²) in [5.74, 6) is -0.0420. The molecule has 30 heavy (non-hydrogen) atoms. The summed E-state index contributed by atoms with van der Waals surface area (Å²) in [4.78, 5) is 14.8. The Bertz CT molecular complexity index is 961. The summed E-state index contributed by atoms with van der Waals surface area (Å²) in [6.07, 6.45) is 0.0640. The Morgan fingerprint density at radius 3 is 2.50 bits per heavy atom. The fourth-order valence-electron chi connectivity index (χ4n) is 3.90. The summed E-state index contributed by atoms with van der Waals surface area (Å²) in [6.45, 7) is 8.50. The average molecular weight is 428 g/mol. The van der Waals surface area contributed by atoms with Crippen LogP contribution in [0.3, 0.4) is 0 Å². The van der Waals surface area contributed by atoms with Crippen molar-refractivity contribution in [2.45, 2.75) is 57.8 Å². The third kappa shape index (κ3) is 3.78. The van der Waals surface area contributed by atoms with E-state index in [1.54, 1.807) is 11.0 Å². The summed E-state index contributed by atoms with van der Waals surface area (Å²) in [5.41, 5.74) is 2.20. The van der Waals surface area contributed by atoms with E-state index in [4.69, 9.17) is 20.9 Å². The van der Waals surface area contributed by atoms with Crippen molar-refractivity contribution in [3.8, 4) is 0 Å². The van der Waals surface area contributed by atoms with Gasteiger partial charge in [0.15, 0.2) is 0 Å². The summed E-state index contributed by atoms with van der Waals surface area (Å²) >= 11 is 6.23. The van der Waals surface area contributed by atoms with Crippen molar-refractivity contribution in [2.75, 3.05) is 11.4 Å². The maximum atomic E-state index is 13.0. The van der Waals surface area contributed by atoms with E-state index in [0.29, 0.717) is 18.0 Å². The fraction of sp³-hybridized carbons (Fsp3) is 0.435. The first-order valence-corrected chi connectivity index (χ1v) is 10.7. The van der Waals surface area contributed by atoms with Gasteiger partial charge in [0.05, 0.1) is 23.7 Å². The van der Waals surface area contributed by atoms with Crippen molar-refractivity contribution in [2.24, 2.45) is 0 Å². The zero-order chi connectivity index (χ0) is 21.7.